The zero-order valence-electron chi connectivity index (χ0n) is 14.6. The van der Waals surface area contributed by atoms with Crippen molar-refractivity contribution in [2.45, 2.75) is 25.9 Å². The van der Waals surface area contributed by atoms with E-state index in [2.05, 4.69) is 10.6 Å². The van der Waals surface area contributed by atoms with Gasteiger partial charge in [-0.15, -0.1) is 0 Å². The van der Waals surface area contributed by atoms with E-state index in [4.69, 9.17) is 0 Å². The second kappa shape index (κ2) is 7.62. The molecular formula is C21H20F2N2O. The lowest BCUT2D eigenvalue weighted by molar-refractivity contribution is -0.117. The lowest BCUT2D eigenvalue weighted by atomic mass is 10.1. The van der Waals surface area contributed by atoms with E-state index in [0.29, 0.717) is 5.56 Å². The quantitative estimate of drug-likeness (QED) is 0.691. The zero-order chi connectivity index (χ0) is 18.7. The number of amides is 1. The number of hydrogen-bond donors (Lipinski definition) is 2. The number of anilines is 1. The van der Waals surface area contributed by atoms with E-state index in [1.54, 1.807) is 13.8 Å². The molecule has 0 heterocycles. The van der Waals surface area contributed by atoms with Gasteiger partial charge in [0.2, 0.25) is 5.91 Å². The largest absolute Gasteiger partial charge is 0.324 e. The zero-order valence-corrected chi connectivity index (χ0v) is 14.6. The number of rotatable bonds is 5. The first-order valence-electron chi connectivity index (χ1n) is 8.45. The lowest BCUT2D eigenvalue weighted by Gasteiger charge is -2.20. The lowest BCUT2D eigenvalue weighted by Crippen LogP contribution is -2.39. The second-order valence-electron chi connectivity index (χ2n) is 6.30. The Bertz CT molecular complexity index is 937. The first kappa shape index (κ1) is 18.0. The van der Waals surface area contributed by atoms with Gasteiger partial charge in [0.25, 0.3) is 0 Å². The highest BCUT2D eigenvalue weighted by atomic mass is 19.2. The molecule has 26 heavy (non-hydrogen) atoms. The molecule has 0 spiro atoms. The third-order valence-corrected chi connectivity index (χ3v) is 4.38. The third-order valence-electron chi connectivity index (χ3n) is 4.38. The van der Waals surface area contributed by atoms with Crippen molar-refractivity contribution < 1.29 is 13.6 Å². The van der Waals surface area contributed by atoms with Gasteiger partial charge in [-0.2, -0.15) is 0 Å². The first-order chi connectivity index (χ1) is 12.5. The monoisotopic (exact) mass is 354 g/mol. The van der Waals surface area contributed by atoms with Crippen molar-refractivity contribution >= 4 is 22.4 Å². The van der Waals surface area contributed by atoms with Crippen molar-refractivity contribution in [2.75, 3.05) is 5.32 Å². The smallest absolute Gasteiger partial charge is 0.241 e. The van der Waals surface area contributed by atoms with Crippen LogP contribution >= 0.6 is 0 Å². The summed E-state index contributed by atoms with van der Waals surface area (Å²) in [6, 6.07) is 16.4. The predicted octanol–water partition coefficient (Wildman–Crippen LogP) is 4.80. The summed E-state index contributed by atoms with van der Waals surface area (Å²) >= 11 is 0. The molecule has 0 saturated heterocycles. The van der Waals surface area contributed by atoms with Gasteiger partial charge in [-0.3, -0.25) is 10.1 Å². The van der Waals surface area contributed by atoms with Gasteiger partial charge in [-0.1, -0.05) is 42.5 Å². The molecule has 2 N–H and O–H groups in total. The summed E-state index contributed by atoms with van der Waals surface area (Å²) in [6.07, 6.45) is 0. The number of carbonyl (C=O) groups is 1. The molecule has 0 aromatic heterocycles. The van der Waals surface area contributed by atoms with Gasteiger partial charge in [0.05, 0.1) is 6.04 Å². The number of halogens is 2. The molecule has 3 aromatic rings. The van der Waals surface area contributed by atoms with Crippen molar-refractivity contribution in [3.63, 3.8) is 0 Å². The molecule has 0 radical (unpaired) electrons. The minimum absolute atomic E-state index is 0.198. The highest BCUT2D eigenvalue weighted by Crippen LogP contribution is 2.23. The Morgan fingerprint density at radius 3 is 2.42 bits per heavy atom. The van der Waals surface area contributed by atoms with E-state index in [0.717, 1.165) is 28.6 Å². The standard InChI is InChI=1S/C21H20F2N2O/c1-13(16-10-11-18(22)19(23)12-16)24-14(2)21(26)25-20-9-5-7-15-6-3-4-8-17(15)20/h3-14,24H,1-2H3,(H,25,26)/t13-,14-/m1/s1. The molecule has 134 valence electrons. The summed E-state index contributed by atoms with van der Waals surface area (Å²) in [5, 5.41) is 8.04. The number of fused-ring (bicyclic) bond motifs is 1. The minimum atomic E-state index is -0.899. The fourth-order valence-electron chi connectivity index (χ4n) is 2.90. The van der Waals surface area contributed by atoms with Gasteiger partial charge in [-0.25, -0.2) is 8.78 Å². The van der Waals surface area contributed by atoms with Crippen molar-refractivity contribution in [1.82, 2.24) is 5.32 Å². The van der Waals surface area contributed by atoms with Crippen molar-refractivity contribution in [2.24, 2.45) is 0 Å². The highest BCUT2D eigenvalue weighted by Gasteiger charge is 2.18. The van der Waals surface area contributed by atoms with Crippen LogP contribution in [0.5, 0.6) is 0 Å². The number of nitrogens with one attached hydrogen (secondary N) is 2. The summed E-state index contributed by atoms with van der Waals surface area (Å²) in [4.78, 5) is 12.5. The molecule has 0 aliphatic heterocycles. The molecular weight excluding hydrogens is 334 g/mol. The number of benzene rings is 3. The average molecular weight is 354 g/mol. The van der Waals surface area contributed by atoms with Crippen LogP contribution in [0.3, 0.4) is 0 Å². The van der Waals surface area contributed by atoms with E-state index in [1.807, 2.05) is 42.5 Å². The Hall–Kier alpha value is -2.79. The van der Waals surface area contributed by atoms with Crippen LogP contribution in [0.2, 0.25) is 0 Å². The summed E-state index contributed by atoms with van der Waals surface area (Å²) in [7, 11) is 0. The highest BCUT2D eigenvalue weighted by molar-refractivity contribution is 6.03. The normalized spacial score (nSPS) is 13.4. The summed E-state index contributed by atoms with van der Waals surface area (Å²) in [6.45, 7) is 3.53. The van der Waals surface area contributed by atoms with E-state index in [1.165, 1.54) is 6.07 Å². The van der Waals surface area contributed by atoms with Crippen LogP contribution < -0.4 is 10.6 Å². The maximum atomic E-state index is 13.4. The van der Waals surface area contributed by atoms with Crippen LogP contribution in [-0.4, -0.2) is 11.9 Å². The average Bonchev–Trinajstić information content (AvgIpc) is 2.64. The van der Waals surface area contributed by atoms with Gasteiger partial charge in [0, 0.05) is 17.1 Å². The van der Waals surface area contributed by atoms with Crippen molar-refractivity contribution in [3.05, 3.63) is 77.9 Å². The van der Waals surface area contributed by atoms with Gasteiger partial charge >= 0.3 is 0 Å². The predicted molar refractivity (Wildman–Crippen MR) is 99.9 cm³/mol. The van der Waals surface area contributed by atoms with Crippen LogP contribution in [0.15, 0.2) is 60.7 Å². The number of carbonyl (C=O) groups excluding carboxylic acids is 1. The van der Waals surface area contributed by atoms with Crippen LogP contribution in [0.25, 0.3) is 10.8 Å². The van der Waals surface area contributed by atoms with Crippen LogP contribution in [-0.2, 0) is 4.79 Å². The molecule has 0 aliphatic carbocycles. The Kier molecular flexibility index (Phi) is 5.28. The van der Waals surface area contributed by atoms with Crippen LogP contribution in [0, 0.1) is 11.6 Å². The molecule has 0 bridgehead atoms. The van der Waals surface area contributed by atoms with Gasteiger partial charge in [0.15, 0.2) is 11.6 Å². The van der Waals surface area contributed by atoms with Crippen molar-refractivity contribution in [3.8, 4) is 0 Å². The molecule has 3 nitrogen and oxygen atoms in total. The summed E-state index contributed by atoms with van der Waals surface area (Å²) < 4.78 is 26.5. The topological polar surface area (TPSA) is 41.1 Å². The second-order valence-corrected chi connectivity index (χ2v) is 6.30. The Labute approximate surface area is 151 Å². The SMILES string of the molecule is C[C@@H](N[C@H](C)c1ccc(F)c(F)c1)C(=O)Nc1cccc2ccccc12. The summed E-state index contributed by atoms with van der Waals surface area (Å²) in [5.41, 5.74) is 1.32. The number of hydrogen-bond acceptors (Lipinski definition) is 2. The third kappa shape index (κ3) is 3.89. The van der Waals surface area contributed by atoms with Crippen LogP contribution in [0.4, 0.5) is 14.5 Å². The van der Waals surface area contributed by atoms with E-state index >= 15 is 0 Å². The maximum Gasteiger partial charge on any atom is 0.241 e. The minimum Gasteiger partial charge on any atom is -0.324 e. The molecule has 2 atom stereocenters. The molecule has 0 unspecified atom stereocenters. The maximum absolute atomic E-state index is 13.4. The fourth-order valence-corrected chi connectivity index (χ4v) is 2.90. The Morgan fingerprint density at radius 1 is 0.923 bits per heavy atom. The Morgan fingerprint density at radius 2 is 1.65 bits per heavy atom. The molecule has 3 aromatic carbocycles. The van der Waals surface area contributed by atoms with Crippen molar-refractivity contribution in [1.29, 1.82) is 0 Å². The van der Waals surface area contributed by atoms with Gasteiger partial charge in [-0.05, 0) is 43.0 Å². The fraction of sp³-hybridized carbons (Fsp3) is 0.190. The molecule has 0 fully saturated rings. The molecule has 0 saturated carbocycles. The van der Waals surface area contributed by atoms with E-state index < -0.39 is 17.7 Å². The molecule has 0 aliphatic rings. The van der Waals surface area contributed by atoms with E-state index in [-0.39, 0.29) is 11.9 Å². The van der Waals surface area contributed by atoms with Gasteiger partial charge in [0.1, 0.15) is 0 Å². The van der Waals surface area contributed by atoms with E-state index in [9.17, 15) is 13.6 Å². The molecule has 5 heteroatoms. The molecule has 1 amide bonds. The first-order valence-corrected chi connectivity index (χ1v) is 8.45. The summed E-state index contributed by atoms with van der Waals surface area (Å²) in [5.74, 6) is -1.98. The van der Waals surface area contributed by atoms with Crippen LogP contribution in [0.1, 0.15) is 25.5 Å². The molecule has 3 rings (SSSR count). The van der Waals surface area contributed by atoms with Gasteiger partial charge < -0.3 is 5.32 Å². The Balaban J connectivity index is 1.70.